The van der Waals surface area contributed by atoms with Crippen molar-refractivity contribution < 1.29 is 8.42 Å². The topological polar surface area (TPSA) is 63.4 Å². The van der Waals surface area contributed by atoms with E-state index in [1.54, 1.807) is 10.4 Å². The van der Waals surface area contributed by atoms with Gasteiger partial charge < -0.3 is 5.73 Å². The van der Waals surface area contributed by atoms with Crippen molar-refractivity contribution in [2.24, 2.45) is 11.7 Å². The van der Waals surface area contributed by atoms with E-state index in [0.29, 0.717) is 23.2 Å². The number of fused-ring (bicyclic) bond motifs is 1. The number of hydrogen-bond acceptors (Lipinski definition) is 4. The van der Waals surface area contributed by atoms with Crippen LogP contribution in [0.25, 0.3) is 0 Å². The van der Waals surface area contributed by atoms with Crippen molar-refractivity contribution in [3.8, 4) is 0 Å². The van der Waals surface area contributed by atoms with Crippen LogP contribution in [0.2, 0.25) is 0 Å². The van der Waals surface area contributed by atoms with Crippen LogP contribution >= 0.6 is 11.3 Å². The first-order valence-electron chi connectivity index (χ1n) is 7.35. The van der Waals surface area contributed by atoms with Gasteiger partial charge in [-0.05, 0) is 50.2 Å². The minimum atomic E-state index is -3.33. The Morgan fingerprint density at radius 1 is 1.35 bits per heavy atom. The molecule has 0 amide bonds. The highest BCUT2D eigenvalue weighted by atomic mass is 32.2. The van der Waals surface area contributed by atoms with Crippen LogP contribution in [0.5, 0.6) is 0 Å². The predicted octanol–water partition coefficient (Wildman–Crippen LogP) is 2.47. The average molecular weight is 314 g/mol. The van der Waals surface area contributed by atoms with Crippen LogP contribution in [0.15, 0.2) is 10.3 Å². The van der Waals surface area contributed by atoms with Crippen molar-refractivity contribution in [2.45, 2.75) is 55.8 Å². The summed E-state index contributed by atoms with van der Waals surface area (Å²) >= 11 is 1.34. The molecule has 1 saturated carbocycles. The summed E-state index contributed by atoms with van der Waals surface area (Å²) in [5, 5.41) is 0. The monoisotopic (exact) mass is 314 g/mol. The van der Waals surface area contributed by atoms with Gasteiger partial charge in [-0.1, -0.05) is 6.42 Å². The van der Waals surface area contributed by atoms with Crippen molar-refractivity contribution in [1.82, 2.24) is 4.31 Å². The number of nitrogens with two attached hydrogens (primary N) is 1. The highest BCUT2D eigenvalue weighted by Gasteiger charge is 2.41. The molecule has 0 bridgehead atoms. The molecule has 3 rings (SSSR count). The molecule has 6 heteroatoms. The zero-order valence-corrected chi connectivity index (χ0v) is 13.5. The minimum Gasteiger partial charge on any atom is -0.326 e. The van der Waals surface area contributed by atoms with Crippen molar-refractivity contribution >= 4 is 21.4 Å². The Balaban J connectivity index is 1.94. The van der Waals surface area contributed by atoms with E-state index in [1.807, 2.05) is 6.92 Å². The Morgan fingerprint density at radius 3 is 2.80 bits per heavy atom. The molecular formula is C14H22N2O2S2. The molecule has 2 N–H and O–H groups in total. The first-order valence-corrected chi connectivity index (χ1v) is 9.61. The summed E-state index contributed by atoms with van der Waals surface area (Å²) in [6, 6.07) is 2.03. The van der Waals surface area contributed by atoms with Gasteiger partial charge in [-0.15, -0.1) is 11.3 Å². The number of sulfonamides is 1. The molecule has 1 aromatic rings. The van der Waals surface area contributed by atoms with E-state index in [4.69, 9.17) is 5.73 Å². The molecule has 2 fully saturated rings. The number of piperidine rings is 1. The Hall–Kier alpha value is -0.430. The van der Waals surface area contributed by atoms with Crippen molar-refractivity contribution in [2.75, 3.05) is 6.54 Å². The summed E-state index contributed by atoms with van der Waals surface area (Å²) in [5.74, 6) is 0.577. The molecule has 2 unspecified atom stereocenters. The molecule has 112 valence electrons. The lowest BCUT2D eigenvalue weighted by Gasteiger charge is -2.36. The molecule has 1 aromatic heterocycles. The summed E-state index contributed by atoms with van der Waals surface area (Å²) in [4.78, 5) is 0.976. The van der Waals surface area contributed by atoms with Crippen LogP contribution in [-0.4, -0.2) is 25.3 Å². The molecule has 4 nitrogen and oxygen atoms in total. The van der Waals surface area contributed by atoms with Gasteiger partial charge >= 0.3 is 0 Å². The summed E-state index contributed by atoms with van der Waals surface area (Å²) < 4.78 is 28.1. The normalized spacial score (nSPS) is 27.7. The summed E-state index contributed by atoms with van der Waals surface area (Å²) in [6.45, 7) is 3.03. The number of nitrogens with zero attached hydrogens (tertiary/aromatic N) is 1. The smallest absolute Gasteiger partial charge is 0.252 e. The molecule has 2 heterocycles. The third-order valence-corrected chi connectivity index (χ3v) is 8.32. The molecule has 20 heavy (non-hydrogen) atoms. The number of aryl methyl sites for hydroxylation is 1. The second-order valence-corrected chi connectivity index (χ2v) is 9.15. The Kier molecular flexibility index (Phi) is 3.92. The number of hydrogen-bond donors (Lipinski definition) is 1. The van der Waals surface area contributed by atoms with E-state index in [0.717, 1.165) is 23.3 Å². The molecular weight excluding hydrogens is 292 g/mol. The lowest BCUT2D eigenvalue weighted by Crippen LogP contribution is -2.45. The molecule has 1 aliphatic carbocycles. The Morgan fingerprint density at radius 2 is 2.10 bits per heavy atom. The van der Waals surface area contributed by atoms with Crippen LogP contribution in [0.3, 0.4) is 0 Å². The fourth-order valence-corrected chi connectivity index (χ4v) is 6.99. The first-order chi connectivity index (χ1) is 9.54. The average Bonchev–Trinajstić information content (AvgIpc) is 3.04. The van der Waals surface area contributed by atoms with Crippen molar-refractivity contribution in [3.63, 3.8) is 0 Å². The zero-order chi connectivity index (χ0) is 14.3. The summed E-state index contributed by atoms with van der Waals surface area (Å²) in [7, 11) is -3.33. The fourth-order valence-electron chi connectivity index (χ4n) is 3.64. The van der Waals surface area contributed by atoms with Gasteiger partial charge in [-0.25, -0.2) is 8.42 Å². The lowest BCUT2D eigenvalue weighted by atomic mass is 9.94. The molecule has 1 aliphatic heterocycles. The van der Waals surface area contributed by atoms with Gasteiger partial charge in [-0.2, -0.15) is 4.31 Å². The quantitative estimate of drug-likeness (QED) is 0.932. The van der Waals surface area contributed by atoms with E-state index < -0.39 is 10.0 Å². The van der Waals surface area contributed by atoms with E-state index in [-0.39, 0.29) is 6.04 Å². The number of thiophene rings is 1. The van der Waals surface area contributed by atoms with Crippen LogP contribution in [-0.2, 0) is 16.6 Å². The Labute approximate surface area is 125 Å². The fraction of sp³-hybridized carbons (Fsp3) is 0.714. The predicted molar refractivity (Wildman–Crippen MR) is 81.2 cm³/mol. The standard InChI is InChI=1S/C14H22N2O2S2/c1-10-8-14(19-13(10)9-15)20(17,18)16-7-3-5-11-4-2-6-12(11)16/h8,11-12H,2-7,9,15H2,1H3. The third kappa shape index (κ3) is 2.32. The first kappa shape index (κ1) is 14.5. The van der Waals surface area contributed by atoms with E-state index in [1.165, 1.54) is 30.6 Å². The highest BCUT2D eigenvalue weighted by molar-refractivity contribution is 7.91. The van der Waals surface area contributed by atoms with Crippen LogP contribution < -0.4 is 5.73 Å². The molecule has 0 radical (unpaired) electrons. The second kappa shape index (κ2) is 5.40. The van der Waals surface area contributed by atoms with Gasteiger partial charge in [0, 0.05) is 24.0 Å². The Bertz CT molecular complexity index is 594. The van der Waals surface area contributed by atoms with Crippen LogP contribution in [0.1, 0.15) is 42.5 Å². The highest BCUT2D eigenvalue weighted by Crippen LogP contribution is 2.40. The van der Waals surface area contributed by atoms with Gasteiger partial charge in [0.25, 0.3) is 10.0 Å². The molecule has 2 atom stereocenters. The minimum absolute atomic E-state index is 0.234. The SMILES string of the molecule is Cc1cc(S(=O)(=O)N2CCCC3CCCC32)sc1CN. The largest absolute Gasteiger partial charge is 0.326 e. The maximum atomic E-state index is 12.9. The van der Waals surface area contributed by atoms with Gasteiger partial charge in [-0.3, -0.25) is 0 Å². The van der Waals surface area contributed by atoms with Gasteiger partial charge in [0.05, 0.1) is 0 Å². The summed E-state index contributed by atoms with van der Waals surface area (Å²) in [5.41, 5.74) is 6.67. The molecule has 0 aromatic carbocycles. The third-order valence-electron chi connectivity index (χ3n) is 4.69. The van der Waals surface area contributed by atoms with E-state index >= 15 is 0 Å². The van der Waals surface area contributed by atoms with Gasteiger partial charge in [0.2, 0.25) is 0 Å². The second-order valence-electron chi connectivity index (χ2n) is 5.89. The molecule has 2 aliphatic rings. The van der Waals surface area contributed by atoms with Crippen molar-refractivity contribution in [3.05, 3.63) is 16.5 Å². The van der Waals surface area contributed by atoms with Crippen LogP contribution in [0.4, 0.5) is 0 Å². The van der Waals surface area contributed by atoms with Crippen LogP contribution in [0, 0.1) is 12.8 Å². The maximum absolute atomic E-state index is 12.9. The van der Waals surface area contributed by atoms with Crippen molar-refractivity contribution in [1.29, 1.82) is 0 Å². The molecule has 0 spiro atoms. The maximum Gasteiger partial charge on any atom is 0.252 e. The van der Waals surface area contributed by atoms with Gasteiger partial charge in [0.1, 0.15) is 4.21 Å². The molecule has 1 saturated heterocycles. The van der Waals surface area contributed by atoms with Gasteiger partial charge in [0.15, 0.2) is 0 Å². The number of rotatable bonds is 3. The lowest BCUT2D eigenvalue weighted by molar-refractivity contribution is 0.202. The van der Waals surface area contributed by atoms with E-state index in [2.05, 4.69) is 0 Å². The summed E-state index contributed by atoms with van der Waals surface area (Å²) in [6.07, 6.45) is 5.56. The zero-order valence-electron chi connectivity index (χ0n) is 11.8. The van der Waals surface area contributed by atoms with E-state index in [9.17, 15) is 8.42 Å².